The van der Waals surface area contributed by atoms with Crippen LogP contribution in [0, 0.1) is 0 Å². The van der Waals surface area contributed by atoms with Crippen LogP contribution in [0.1, 0.15) is 27.7 Å². The summed E-state index contributed by atoms with van der Waals surface area (Å²) < 4.78 is 0. The molecule has 1 amide bonds. The van der Waals surface area contributed by atoms with E-state index in [4.69, 9.17) is 10.8 Å². The van der Waals surface area contributed by atoms with Crippen molar-refractivity contribution in [3.63, 3.8) is 0 Å². The number of nitrogens with one attached hydrogen (secondary N) is 1. The van der Waals surface area contributed by atoms with Crippen molar-refractivity contribution in [1.82, 2.24) is 10.3 Å². The summed E-state index contributed by atoms with van der Waals surface area (Å²) in [5.41, 5.74) is 7.26. The van der Waals surface area contributed by atoms with Crippen molar-refractivity contribution in [2.45, 2.75) is 12.6 Å². The van der Waals surface area contributed by atoms with E-state index < -0.39 is 12.0 Å². The van der Waals surface area contributed by atoms with Gasteiger partial charge >= 0.3 is 5.97 Å². The van der Waals surface area contributed by atoms with Crippen LogP contribution in [0.2, 0.25) is 0 Å². The monoisotopic (exact) mass is 285 g/mol. The lowest BCUT2D eigenvalue weighted by Gasteiger charge is -2.12. The standard InChI is InChI=1S/C15H15N3O3/c16-13(11-4-2-1-3-5-11)14(19)18-9-10-6-7-12(15(20)21)17-8-10/h1-8,13H,9,16H2,(H,18,19)(H,20,21)/t13-/m1/s1. The number of carboxylic acid groups (broad SMARTS) is 1. The maximum Gasteiger partial charge on any atom is 0.354 e. The fraction of sp³-hybridized carbons (Fsp3) is 0.133. The number of rotatable bonds is 5. The number of amides is 1. The van der Waals surface area contributed by atoms with Gasteiger partial charge in [-0.15, -0.1) is 0 Å². The Hall–Kier alpha value is -2.73. The van der Waals surface area contributed by atoms with Gasteiger partial charge in [0.2, 0.25) is 5.91 Å². The fourth-order valence-electron chi connectivity index (χ4n) is 1.77. The van der Waals surface area contributed by atoms with Crippen LogP contribution in [0.25, 0.3) is 0 Å². The van der Waals surface area contributed by atoms with Crippen LogP contribution in [0.3, 0.4) is 0 Å². The molecule has 0 bridgehead atoms. The van der Waals surface area contributed by atoms with E-state index in [1.807, 2.05) is 18.2 Å². The first-order chi connectivity index (χ1) is 10.1. The maximum atomic E-state index is 11.9. The molecule has 0 saturated carbocycles. The molecule has 0 aliphatic rings. The van der Waals surface area contributed by atoms with Crippen LogP contribution >= 0.6 is 0 Å². The first kappa shape index (κ1) is 14.7. The van der Waals surface area contributed by atoms with Gasteiger partial charge in [0.25, 0.3) is 0 Å². The lowest BCUT2D eigenvalue weighted by atomic mass is 10.1. The molecule has 0 saturated heterocycles. The zero-order valence-electron chi connectivity index (χ0n) is 11.2. The van der Waals surface area contributed by atoms with E-state index >= 15 is 0 Å². The quantitative estimate of drug-likeness (QED) is 0.762. The van der Waals surface area contributed by atoms with E-state index in [9.17, 15) is 9.59 Å². The van der Waals surface area contributed by atoms with Crippen LogP contribution in [-0.4, -0.2) is 22.0 Å². The van der Waals surface area contributed by atoms with Crippen LogP contribution in [-0.2, 0) is 11.3 Å². The van der Waals surface area contributed by atoms with E-state index in [0.717, 1.165) is 5.56 Å². The predicted octanol–water partition coefficient (Wildman–Crippen LogP) is 1.10. The summed E-state index contributed by atoms with van der Waals surface area (Å²) in [7, 11) is 0. The van der Waals surface area contributed by atoms with E-state index in [1.165, 1.54) is 12.3 Å². The summed E-state index contributed by atoms with van der Waals surface area (Å²) in [6.07, 6.45) is 1.41. The number of aromatic nitrogens is 1. The molecule has 1 aromatic carbocycles. The molecule has 108 valence electrons. The smallest absolute Gasteiger partial charge is 0.354 e. The number of benzene rings is 1. The van der Waals surface area contributed by atoms with Gasteiger partial charge in [0.15, 0.2) is 0 Å². The average Bonchev–Trinajstić information content (AvgIpc) is 2.53. The van der Waals surface area contributed by atoms with Crippen LogP contribution in [0.15, 0.2) is 48.7 Å². The predicted molar refractivity (Wildman–Crippen MR) is 76.4 cm³/mol. The van der Waals surface area contributed by atoms with Gasteiger partial charge in [-0.1, -0.05) is 36.4 Å². The first-order valence-corrected chi connectivity index (χ1v) is 6.34. The molecule has 6 heteroatoms. The van der Waals surface area contributed by atoms with Crippen molar-refractivity contribution in [3.05, 3.63) is 65.5 Å². The van der Waals surface area contributed by atoms with E-state index in [2.05, 4.69) is 10.3 Å². The Morgan fingerprint density at radius 3 is 2.48 bits per heavy atom. The van der Waals surface area contributed by atoms with Crippen molar-refractivity contribution in [3.8, 4) is 0 Å². The Bertz CT molecular complexity index is 626. The second-order valence-corrected chi connectivity index (χ2v) is 4.46. The highest BCUT2D eigenvalue weighted by Crippen LogP contribution is 2.09. The van der Waals surface area contributed by atoms with Crippen molar-refractivity contribution >= 4 is 11.9 Å². The third-order valence-electron chi connectivity index (χ3n) is 2.95. The number of carbonyl (C=O) groups is 2. The number of nitrogens with two attached hydrogens (primary N) is 1. The minimum absolute atomic E-state index is 0.0361. The lowest BCUT2D eigenvalue weighted by molar-refractivity contribution is -0.122. The summed E-state index contributed by atoms with van der Waals surface area (Å²) in [5, 5.41) is 11.4. The van der Waals surface area contributed by atoms with Crippen LogP contribution in [0.4, 0.5) is 0 Å². The largest absolute Gasteiger partial charge is 0.477 e. The van der Waals surface area contributed by atoms with Crippen LogP contribution < -0.4 is 11.1 Å². The van der Waals surface area contributed by atoms with E-state index in [-0.39, 0.29) is 18.1 Å². The number of hydrogen-bond acceptors (Lipinski definition) is 4. The number of hydrogen-bond donors (Lipinski definition) is 3. The molecule has 0 aliphatic carbocycles. The highest BCUT2D eigenvalue weighted by Gasteiger charge is 2.14. The molecule has 2 aromatic rings. The Balaban J connectivity index is 1.93. The van der Waals surface area contributed by atoms with Crippen molar-refractivity contribution in [1.29, 1.82) is 0 Å². The lowest BCUT2D eigenvalue weighted by Crippen LogP contribution is -2.33. The minimum atomic E-state index is -1.09. The number of nitrogens with zero attached hydrogens (tertiary/aromatic N) is 1. The molecule has 0 unspecified atom stereocenters. The third kappa shape index (κ3) is 3.87. The summed E-state index contributed by atoms with van der Waals surface area (Å²) in [4.78, 5) is 26.4. The van der Waals surface area contributed by atoms with Crippen molar-refractivity contribution in [2.75, 3.05) is 0 Å². The molecule has 4 N–H and O–H groups in total. The van der Waals surface area contributed by atoms with Crippen molar-refractivity contribution < 1.29 is 14.7 Å². The van der Waals surface area contributed by atoms with Gasteiger partial charge in [-0.3, -0.25) is 4.79 Å². The summed E-state index contributed by atoms with van der Waals surface area (Å²) >= 11 is 0. The summed E-state index contributed by atoms with van der Waals surface area (Å²) in [6.45, 7) is 0.242. The normalized spacial score (nSPS) is 11.7. The Labute approximate surface area is 121 Å². The molecule has 6 nitrogen and oxygen atoms in total. The molecular weight excluding hydrogens is 270 g/mol. The molecule has 0 fully saturated rings. The second kappa shape index (κ2) is 6.62. The number of carbonyl (C=O) groups excluding carboxylic acids is 1. The van der Waals surface area contributed by atoms with Crippen molar-refractivity contribution in [2.24, 2.45) is 5.73 Å². The molecule has 0 radical (unpaired) electrons. The molecule has 0 spiro atoms. The van der Waals surface area contributed by atoms with Crippen LogP contribution in [0.5, 0.6) is 0 Å². The first-order valence-electron chi connectivity index (χ1n) is 6.34. The highest BCUT2D eigenvalue weighted by molar-refractivity contribution is 5.85. The Morgan fingerprint density at radius 2 is 1.90 bits per heavy atom. The topological polar surface area (TPSA) is 105 Å². The third-order valence-corrected chi connectivity index (χ3v) is 2.95. The van der Waals surface area contributed by atoms with Gasteiger partial charge in [-0.05, 0) is 17.2 Å². The van der Waals surface area contributed by atoms with Gasteiger partial charge in [0, 0.05) is 12.7 Å². The minimum Gasteiger partial charge on any atom is -0.477 e. The molecule has 1 atom stereocenters. The molecule has 21 heavy (non-hydrogen) atoms. The average molecular weight is 285 g/mol. The SMILES string of the molecule is N[C@@H](C(=O)NCc1ccc(C(=O)O)nc1)c1ccccc1. The number of carboxylic acids is 1. The molecule has 0 aliphatic heterocycles. The van der Waals surface area contributed by atoms with Gasteiger partial charge in [-0.25, -0.2) is 9.78 Å². The molecular formula is C15H15N3O3. The van der Waals surface area contributed by atoms with Gasteiger partial charge in [0.05, 0.1) is 0 Å². The number of aromatic carboxylic acids is 1. The number of pyridine rings is 1. The molecule has 2 rings (SSSR count). The zero-order chi connectivity index (χ0) is 15.2. The Morgan fingerprint density at radius 1 is 1.19 bits per heavy atom. The van der Waals surface area contributed by atoms with E-state index in [0.29, 0.717) is 5.56 Å². The molecule has 1 heterocycles. The maximum absolute atomic E-state index is 11.9. The molecule has 1 aromatic heterocycles. The fourth-order valence-corrected chi connectivity index (χ4v) is 1.77. The van der Waals surface area contributed by atoms with Gasteiger partial charge in [0.1, 0.15) is 11.7 Å². The summed E-state index contributed by atoms with van der Waals surface area (Å²) in [5.74, 6) is -1.39. The Kier molecular flexibility index (Phi) is 4.63. The highest BCUT2D eigenvalue weighted by atomic mass is 16.4. The zero-order valence-corrected chi connectivity index (χ0v) is 11.2. The van der Waals surface area contributed by atoms with Gasteiger partial charge < -0.3 is 16.2 Å². The summed E-state index contributed by atoms with van der Waals surface area (Å²) in [6, 6.07) is 11.3. The van der Waals surface area contributed by atoms with E-state index in [1.54, 1.807) is 18.2 Å². The second-order valence-electron chi connectivity index (χ2n) is 4.46. The van der Waals surface area contributed by atoms with Gasteiger partial charge in [-0.2, -0.15) is 0 Å².